The Labute approximate surface area is 85.3 Å². The maximum atomic E-state index is 9.56. The highest BCUT2D eigenvalue weighted by Gasteiger charge is 2.01. The molecule has 76 valence electrons. The molecule has 2 heteroatoms. The second-order valence-electron chi connectivity index (χ2n) is 3.34. The molecule has 1 N–H and O–H groups in total. The topological polar surface area (TPSA) is 32.6 Å². The Morgan fingerprint density at radius 2 is 2.07 bits per heavy atom. The van der Waals surface area contributed by atoms with E-state index in [2.05, 4.69) is 11.9 Å². The van der Waals surface area contributed by atoms with Crippen molar-refractivity contribution in [2.75, 3.05) is 6.54 Å². The summed E-state index contributed by atoms with van der Waals surface area (Å²) in [5.74, 6) is 0.310. The van der Waals surface area contributed by atoms with Crippen LogP contribution in [0, 0.1) is 0 Å². The van der Waals surface area contributed by atoms with E-state index in [9.17, 15) is 5.11 Å². The highest BCUT2D eigenvalue weighted by molar-refractivity contribution is 6.00. The lowest BCUT2D eigenvalue weighted by atomic mass is 10.1. The first-order chi connectivity index (χ1) is 6.75. The Morgan fingerprint density at radius 1 is 1.36 bits per heavy atom. The van der Waals surface area contributed by atoms with Crippen molar-refractivity contribution in [2.24, 2.45) is 4.99 Å². The van der Waals surface area contributed by atoms with Crippen LogP contribution >= 0.6 is 0 Å². The third-order valence-corrected chi connectivity index (χ3v) is 2.15. The second-order valence-corrected chi connectivity index (χ2v) is 3.34. The first-order valence-electron chi connectivity index (χ1n) is 5.05. The second kappa shape index (κ2) is 5.43. The number of phenolic OH excluding ortho intramolecular Hbond substituents is 1. The zero-order valence-corrected chi connectivity index (χ0v) is 8.83. The number of phenols is 1. The number of benzene rings is 1. The molecule has 0 saturated carbocycles. The first-order valence-corrected chi connectivity index (χ1v) is 5.05. The third kappa shape index (κ3) is 2.87. The molecule has 0 amide bonds. The summed E-state index contributed by atoms with van der Waals surface area (Å²) in [6.45, 7) is 4.92. The molecule has 0 unspecified atom stereocenters. The summed E-state index contributed by atoms with van der Waals surface area (Å²) in [4.78, 5) is 4.40. The van der Waals surface area contributed by atoms with Gasteiger partial charge in [-0.15, -0.1) is 0 Å². The minimum atomic E-state index is 0.310. The van der Waals surface area contributed by atoms with Crippen molar-refractivity contribution < 1.29 is 5.11 Å². The molecule has 1 aromatic rings. The molecule has 0 spiro atoms. The predicted octanol–water partition coefficient (Wildman–Crippen LogP) is 3.00. The van der Waals surface area contributed by atoms with E-state index >= 15 is 0 Å². The fraction of sp³-hybridized carbons (Fsp3) is 0.417. The summed E-state index contributed by atoms with van der Waals surface area (Å²) in [6.07, 6.45) is 2.25. The van der Waals surface area contributed by atoms with E-state index in [1.165, 1.54) is 0 Å². The molecular formula is C12H17NO. The van der Waals surface area contributed by atoms with Gasteiger partial charge in [-0.05, 0) is 25.5 Å². The molecule has 0 aliphatic heterocycles. The van der Waals surface area contributed by atoms with Crippen LogP contribution < -0.4 is 0 Å². The van der Waals surface area contributed by atoms with Crippen LogP contribution in [0.25, 0.3) is 0 Å². The predicted molar refractivity (Wildman–Crippen MR) is 60.1 cm³/mol. The van der Waals surface area contributed by atoms with Crippen LogP contribution in [0.5, 0.6) is 5.75 Å². The minimum absolute atomic E-state index is 0.310. The number of aromatic hydroxyl groups is 1. The summed E-state index contributed by atoms with van der Waals surface area (Å²) in [7, 11) is 0. The number of hydrogen-bond acceptors (Lipinski definition) is 2. The number of hydrogen-bond donors (Lipinski definition) is 1. The van der Waals surface area contributed by atoms with Gasteiger partial charge in [0.25, 0.3) is 0 Å². The molecule has 14 heavy (non-hydrogen) atoms. The van der Waals surface area contributed by atoms with Gasteiger partial charge in [0.15, 0.2) is 0 Å². The zero-order chi connectivity index (χ0) is 10.4. The number of aliphatic imine (C=N–C) groups is 1. The van der Waals surface area contributed by atoms with Crippen molar-refractivity contribution in [3.05, 3.63) is 29.8 Å². The molecule has 0 atom stereocenters. The quantitative estimate of drug-likeness (QED) is 0.576. The highest BCUT2D eigenvalue weighted by Crippen LogP contribution is 2.16. The molecule has 1 rings (SSSR count). The van der Waals surface area contributed by atoms with Crippen LogP contribution in [0.3, 0.4) is 0 Å². The molecule has 0 aromatic heterocycles. The van der Waals surface area contributed by atoms with E-state index in [1.54, 1.807) is 6.07 Å². The highest BCUT2D eigenvalue weighted by atomic mass is 16.3. The lowest BCUT2D eigenvalue weighted by Crippen LogP contribution is -1.96. The Kier molecular flexibility index (Phi) is 4.17. The minimum Gasteiger partial charge on any atom is -0.507 e. The van der Waals surface area contributed by atoms with Gasteiger partial charge in [0.1, 0.15) is 5.75 Å². The third-order valence-electron chi connectivity index (χ3n) is 2.15. The van der Waals surface area contributed by atoms with Crippen molar-refractivity contribution in [3.8, 4) is 5.75 Å². The van der Waals surface area contributed by atoms with E-state index in [0.717, 1.165) is 30.7 Å². The average Bonchev–Trinajstić information content (AvgIpc) is 2.18. The number of rotatable bonds is 4. The Bertz CT molecular complexity index is 318. The van der Waals surface area contributed by atoms with E-state index in [0.29, 0.717) is 5.75 Å². The number of nitrogens with zero attached hydrogens (tertiary/aromatic N) is 1. The Hall–Kier alpha value is -1.31. The zero-order valence-electron chi connectivity index (χ0n) is 8.83. The molecule has 0 heterocycles. The smallest absolute Gasteiger partial charge is 0.124 e. The van der Waals surface area contributed by atoms with Gasteiger partial charge in [0.2, 0.25) is 0 Å². The Morgan fingerprint density at radius 3 is 2.71 bits per heavy atom. The van der Waals surface area contributed by atoms with Crippen LogP contribution in [0.2, 0.25) is 0 Å². The SMILES string of the molecule is CCCC/N=C(\C)c1ccccc1O. The molecule has 0 aliphatic carbocycles. The van der Waals surface area contributed by atoms with Gasteiger partial charge in [-0.3, -0.25) is 4.99 Å². The van der Waals surface area contributed by atoms with Crippen molar-refractivity contribution in [1.82, 2.24) is 0 Å². The maximum absolute atomic E-state index is 9.56. The van der Waals surface area contributed by atoms with Crippen LogP contribution in [0.1, 0.15) is 32.3 Å². The summed E-state index contributed by atoms with van der Waals surface area (Å²) < 4.78 is 0. The fourth-order valence-electron chi connectivity index (χ4n) is 1.27. The van der Waals surface area contributed by atoms with E-state index in [1.807, 2.05) is 25.1 Å². The number of para-hydroxylation sites is 1. The van der Waals surface area contributed by atoms with Crippen molar-refractivity contribution in [2.45, 2.75) is 26.7 Å². The fourth-order valence-corrected chi connectivity index (χ4v) is 1.27. The molecule has 1 aromatic carbocycles. The summed E-state index contributed by atoms with van der Waals surface area (Å²) in [5.41, 5.74) is 1.75. The standard InChI is InChI=1S/C12H17NO/c1-3-4-9-13-10(2)11-7-5-6-8-12(11)14/h5-8,14H,3-4,9H2,1-2H3/b13-10+. The van der Waals surface area contributed by atoms with Crippen molar-refractivity contribution >= 4 is 5.71 Å². The number of unbranched alkanes of at least 4 members (excludes halogenated alkanes) is 1. The van der Waals surface area contributed by atoms with Crippen LogP contribution in [0.4, 0.5) is 0 Å². The van der Waals surface area contributed by atoms with Gasteiger partial charge in [-0.25, -0.2) is 0 Å². The molecule has 0 aliphatic rings. The Balaban J connectivity index is 2.73. The molecule has 0 fully saturated rings. The lowest BCUT2D eigenvalue weighted by Gasteiger charge is -2.03. The summed E-state index contributed by atoms with van der Waals surface area (Å²) >= 11 is 0. The maximum Gasteiger partial charge on any atom is 0.124 e. The summed E-state index contributed by atoms with van der Waals surface area (Å²) in [5, 5.41) is 9.56. The van der Waals surface area contributed by atoms with Gasteiger partial charge in [-0.2, -0.15) is 0 Å². The van der Waals surface area contributed by atoms with E-state index in [-0.39, 0.29) is 0 Å². The largest absolute Gasteiger partial charge is 0.507 e. The van der Waals surface area contributed by atoms with Gasteiger partial charge >= 0.3 is 0 Å². The summed E-state index contributed by atoms with van der Waals surface area (Å²) in [6, 6.07) is 7.31. The van der Waals surface area contributed by atoms with Gasteiger partial charge in [0, 0.05) is 17.8 Å². The van der Waals surface area contributed by atoms with Crippen LogP contribution in [0.15, 0.2) is 29.3 Å². The van der Waals surface area contributed by atoms with E-state index < -0.39 is 0 Å². The van der Waals surface area contributed by atoms with Crippen LogP contribution in [-0.4, -0.2) is 17.4 Å². The molecular weight excluding hydrogens is 174 g/mol. The molecule has 0 radical (unpaired) electrons. The van der Waals surface area contributed by atoms with E-state index in [4.69, 9.17) is 0 Å². The normalized spacial score (nSPS) is 11.7. The van der Waals surface area contributed by atoms with Crippen LogP contribution in [-0.2, 0) is 0 Å². The average molecular weight is 191 g/mol. The van der Waals surface area contributed by atoms with Gasteiger partial charge in [0.05, 0.1) is 0 Å². The van der Waals surface area contributed by atoms with Gasteiger partial charge < -0.3 is 5.11 Å². The molecule has 2 nitrogen and oxygen atoms in total. The van der Waals surface area contributed by atoms with Gasteiger partial charge in [-0.1, -0.05) is 25.5 Å². The first kappa shape index (κ1) is 10.8. The lowest BCUT2D eigenvalue weighted by molar-refractivity contribution is 0.474. The molecule has 0 saturated heterocycles. The monoisotopic (exact) mass is 191 g/mol. The van der Waals surface area contributed by atoms with Crippen molar-refractivity contribution in [3.63, 3.8) is 0 Å². The molecule has 0 bridgehead atoms. The van der Waals surface area contributed by atoms with Crippen molar-refractivity contribution in [1.29, 1.82) is 0 Å².